The zero-order valence-electron chi connectivity index (χ0n) is 68.8. The molecule has 0 spiro atoms. The lowest BCUT2D eigenvalue weighted by molar-refractivity contribution is -0.269. The van der Waals surface area contributed by atoms with Gasteiger partial charge in [0, 0.05) is 39.4 Å². The number of carboxylic acid groups (broad SMARTS) is 2. The number of hydrazone groups is 1. The van der Waals surface area contributed by atoms with Crippen molar-refractivity contribution in [1.29, 1.82) is 0 Å². The van der Waals surface area contributed by atoms with Gasteiger partial charge in [-0.2, -0.15) is 5.10 Å². The first-order chi connectivity index (χ1) is 61.0. The van der Waals surface area contributed by atoms with E-state index in [1.165, 1.54) is 79.9 Å². The van der Waals surface area contributed by atoms with Gasteiger partial charge in [0.2, 0.25) is 18.0 Å². The largest absolute Gasteiger partial charge is 0.872 e. The Balaban J connectivity index is 0.000000145. The number of aliphatic hydroxyl groups is 1. The zero-order valence-corrected chi connectivity index (χ0v) is 68.8. The van der Waals surface area contributed by atoms with E-state index in [-0.39, 0.29) is 87.8 Å². The first-order valence-electron chi connectivity index (χ1n) is 39.0. The van der Waals surface area contributed by atoms with E-state index in [0.717, 1.165) is 65.8 Å². The van der Waals surface area contributed by atoms with Crippen LogP contribution < -0.4 is 40.2 Å². The molecule has 23 nitrogen and oxygen atoms in total. The fourth-order valence-corrected chi connectivity index (χ4v) is 13.3. The number of ketones is 2. The molecular formula is C102H82F2N3O20-. The quantitative estimate of drug-likeness (QED) is 0.0141. The van der Waals surface area contributed by atoms with Crippen LogP contribution in [0.3, 0.4) is 0 Å². The van der Waals surface area contributed by atoms with Crippen LogP contribution in [0.5, 0.6) is 57.5 Å². The maximum absolute atomic E-state index is 13.6. The summed E-state index contributed by atoms with van der Waals surface area (Å²) in [4.78, 5) is 81.3. The molecule has 2 heterocycles. The van der Waals surface area contributed by atoms with Crippen LogP contribution in [0, 0.1) is 32.4 Å². The van der Waals surface area contributed by atoms with Gasteiger partial charge >= 0.3 is 11.9 Å². The molecule has 25 heteroatoms. The van der Waals surface area contributed by atoms with Crippen molar-refractivity contribution in [2.45, 2.75) is 34.1 Å². The molecule has 2 amide bonds. The van der Waals surface area contributed by atoms with Gasteiger partial charge in [-0.25, -0.2) is 23.8 Å². The van der Waals surface area contributed by atoms with E-state index < -0.39 is 46.3 Å². The van der Waals surface area contributed by atoms with Crippen molar-refractivity contribution >= 4 is 102 Å². The van der Waals surface area contributed by atoms with Crippen LogP contribution in [-0.4, -0.2) is 103 Å². The molecule has 15 aromatic carbocycles. The molecule has 0 aromatic heterocycles. The number of rotatable bonds is 16. The number of nitrogens with zero attached hydrogens (tertiary/aromatic N) is 1. The molecule has 17 rings (SSSR count). The molecule has 0 atom stereocenters. The third kappa shape index (κ3) is 22.8. The SMILES string of the molecule is C=C(O)c1ccc(-c2ccc(O)c(F)c2)cc1.CCc1cc(C(=O)COc2ccccc2)c(O)cc1O.COc1cc(C(=O)N/N=C/c2cccc3ccccc23)ccc1O.Cc1cc2c3c(cccc3c1)NC2=O.Cc1cc2ccccc2c(C(=O)O)c1F.Cc1cc2ccccc2c(C(=O)O)c1[O-].O=C(/C=C/c1ccc2c(c1)OCO2)c1ccccc(=O)c1O. The number of aromatic carboxylic acids is 2. The van der Waals surface area contributed by atoms with Crippen LogP contribution in [0.4, 0.5) is 14.5 Å². The van der Waals surface area contributed by atoms with Crippen molar-refractivity contribution in [2.24, 2.45) is 5.10 Å². The Morgan fingerprint density at radius 2 is 1.16 bits per heavy atom. The molecule has 0 radical (unpaired) electrons. The number of halogens is 2. The fraction of sp³-hybridized carbons (Fsp3) is 0.0784. The van der Waals surface area contributed by atoms with E-state index in [1.807, 2.05) is 105 Å². The monoisotopic (exact) mass is 1710 g/mol. The Hall–Kier alpha value is -17.0. The number of fused-ring (bicyclic) bond motifs is 4. The lowest BCUT2D eigenvalue weighted by Crippen LogP contribution is -2.17. The van der Waals surface area contributed by atoms with E-state index in [4.69, 9.17) is 34.3 Å². The number of Topliss-reactive ketones (excluding diaryl/α,β-unsaturated/α-hetero) is 1. The standard InChI is InChI=1S/C19H16N2O3.C17H12O5.C16H16O4.C14H11FO2.C12H9FO2.C12H9NO.C12H10O3/c1-24-18-11-14(9-10-17(18)22)19(23)21-20-12-15-7-4-6-13-5-2-3-8-16(13)15;18-13(12-3-1-2-4-14(19)17(12)20)7-5-11-6-8-15-16(9-11)22-10-21-15;1-2-11-8-13(15(18)9-14(11)17)16(19)10-20-12-6-4-3-5-7-12;1-9(16)10-2-4-11(5-3-10)12-6-7-14(17)13(15)8-12;1-7-6-8-4-2-3-5-9(8)10(11(7)13)12(14)15;1-7-5-8-3-2-4-10-11(8)9(6-7)12(14)13-10;1-7-6-8-4-2-3-5-9(8)10(11(7)13)12(14)15/h2-12,22H,1H3,(H,21,23);1-9H,10H2,(H,19,20);3-9,17-18H,2,10H2,1H3;2-8,16-17H,1H2;2-6H,1H3,(H,14,15);2-6H,1H3,(H,13,14);2-6,13H,1H3,(H,14,15)/p-1/b20-12+;7-5+;;;;;. The molecule has 0 fully saturated rings. The number of aliphatic hydroxyl groups excluding tert-OH is 1. The van der Waals surface area contributed by atoms with Crippen molar-refractivity contribution in [2.75, 3.05) is 25.8 Å². The van der Waals surface area contributed by atoms with Crippen LogP contribution in [0.15, 0.2) is 302 Å². The highest BCUT2D eigenvalue weighted by Gasteiger charge is 2.23. The minimum absolute atomic E-state index is 0.00608. The number of phenolic OH excluding ortho intramolecular Hbond substituents is 4. The highest BCUT2D eigenvalue weighted by Crippen LogP contribution is 2.37. The van der Waals surface area contributed by atoms with Crippen molar-refractivity contribution in [3.63, 3.8) is 0 Å². The topological polar surface area (TPSA) is 378 Å². The number of carbonyl (C=O) groups is 6. The number of benzene rings is 14. The van der Waals surface area contributed by atoms with Crippen molar-refractivity contribution in [3.05, 3.63) is 386 Å². The number of para-hydroxylation sites is 1. The van der Waals surface area contributed by atoms with Crippen molar-refractivity contribution < 1.29 is 102 Å². The molecule has 2 aliphatic rings. The summed E-state index contributed by atoms with van der Waals surface area (Å²) in [6.45, 7) is 10.5. The summed E-state index contributed by atoms with van der Waals surface area (Å²) in [5.74, 6) is -4.34. The summed E-state index contributed by atoms with van der Waals surface area (Å²) in [6, 6.07) is 79.1. The molecule has 0 aliphatic carbocycles. The Bertz CT molecular complexity index is 6730. The van der Waals surface area contributed by atoms with Gasteiger partial charge in [0.15, 0.2) is 52.7 Å². The first kappa shape index (κ1) is 90.8. The molecule has 0 bridgehead atoms. The average Bonchev–Trinajstić information content (AvgIpc) is 1.69. The number of carbonyl (C=O) groups excluding carboxylic acids is 4. The van der Waals surface area contributed by atoms with Gasteiger partial charge in [0.05, 0.1) is 30.0 Å². The third-order valence-corrected chi connectivity index (χ3v) is 19.7. The molecule has 0 saturated heterocycles. The molecular weight excluding hydrogens is 1630 g/mol. The number of ether oxygens (including phenoxy) is 4. The van der Waals surface area contributed by atoms with Crippen molar-refractivity contribution in [1.82, 2.24) is 5.43 Å². The number of aryl methyl sites for hydroxylation is 4. The highest BCUT2D eigenvalue weighted by molar-refractivity contribution is 6.24. The Morgan fingerprint density at radius 1 is 0.559 bits per heavy atom. The smallest absolute Gasteiger partial charge is 0.339 e. The van der Waals surface area contributed by atoms with Gasteiger partial charge < -0.3 is 70.2 Å². The van der Waals surface area contributed by atoms with Gasteiger partial charge in [-0.05, 0) is 195 Å². The summed E-state index contributed by atoms with van der Waals surface area (Å²) in [6.07, 6.45) is 5.07. The Kier molecular flexibility index (Phi) is 30.0. The normalized spacial score (nSPS) is 11.2. The molecule has 15 aromatic rings. The van der Waals surface area contributed by atoms with Crippen molar-refractivity contribution in [3.8, 4) is 68.6 Å². The summed E-state index contributed by atoms with van der Waals surface area (Å²) in [7, 11) is 1.43. The van der Waals surface area contributed by atoms with E-state index >= 15 is 0 Å². The highest BCUT2D eigenvalue weighted by atomic mass is 19.1. The number of phenols is 4. The second kappa shape index (κ2) is 42.0. The summed E-state index contributed by atoms with van der Waals surface area (Å²) in [5, 5.41) is 100. The van der Waals surface area contributed by atoms with Gasteiger partial charge in [0.1, 0.15) is 34.4 Å². The van der Waals surface area contributed by atoms with Gasteiger partial charge in [-0.3, -0.25) is 24.0 Å². The number of carboxylic acids is 2. The summed E-state index contributed by atoms with van der Waals surface area (Å²) < 4.78 is 47.6. The predicted octanol–water partition coefficient (Wildman–Crippen LogP) is 20.0. The molecule has 0 unspecified atom stereocenters. The van der Waals surface area contributed by atoms with Gasteiger partial charge in [-0.15, -0.1) is 0 Å². The van der Waals surface area contributed by atoms with Crippen LogP contribution >= 0.6 is 0 Å². The number of methoxy groups -OCH3 is 1. The van der Waals surface area contributed by atoms with E-state index in [2.05, 4.69) is 28.5 Å². The van der Waals surface area contributed by atoms with E-state index in [0.29, 0.717) is 67.8 Å². The first-order valence-corrected chi connectivity index (χ1v) is 39.0. The number of amides is 2. The fourth-order valence-electron chi connectivity index (χ4n) is 13.3. The number of aromatic hydroxyl groups is 5. The minimum atomic E-state index is -1.23. The van der Waals surface area contributed by atoms with Gasteiger partial charge in [-0.1, -0.05) is 213 Å². The molecule has 2 aliphatic heterocycles. The Morgan fingerprint density at radius 3 is 1.83 bits per heavy atom. The number of hydrogen-bond acceptors (Lipinski definition) is 19. The van der Waals surface area contributed by atoms with Crippen LogP contribution in [-0.2, 0) is 6.42 Å². The third-order valence-electron chi connectivity index (χ3n) is 19.7. The second-order valence-corrected chi connectivity index (χ2v) is 28.4. The lowest BCUT2D eigenvalue weighted by Gasteiger charge is -2.16. The predicted molar refractivity (Wildman–Crippen MR) is 482 cm³/mol. The van der Waals surface area contributed by atoms with E-state index in [1.54, 1.807) is 141 Å². The minimum Gasteiger partial charge on any atom is -0.872 e. The maximum Gasteiger partial charge on any atom is 0.339 e. The number of nitrogens with one attached hydrogen (secondary N) is 2. The average molecular weight is 1710 g/mol. The zero-order chi connectivity index (χ0) is 91.1. The number of allylic oxidation sites excluding steroid dienone is 1. The Labute approximate surface area is 725 Å². The molecule has 127 heavy (non-hydrogen) atoms. The van der Waals surface area contributed by atoms with Crippen LogP contribution in [0.1, 0.15) is 108 Å². The van der Waals surface area contributed by atoms with Crippen LogP contribution in [0.25, 0.3) is 66.1 Å². The molecule has 640 valence electrons. The summed E-state index contributed by atoms with van der Waals surface area (Å²) in [5.41, 5.74) is 10.0. The molecule has 0 saturated carbocycles. The summed E-state index contributed by atoms with van der Waals surface area (Å²) >= 11 is 0. The lowest BCUT2D eigenvalue weighted by atomic mass is 10.00. The maximum atomic E-state index is 13.6. The molecule has 10 N–H and O–H groups in total. The van der Waals surface area contributed by atoms with Crippen LogP contribution in [0.2, 0.25) is 0 Å². The number of hydrogen-bond donors (Lipinski definition) is 10. The van der Waals surface area contributed by atoms with Gasteiger partial charge in [0.25, 0.3) is 11.8 Å². The number of anilines is 1. The van der Waals surface area contributed by atoms with E-state index in [9.17, 15) is 73.0 Å². The second-order valence-electron chi connectivity index (χ2n) is 28.4.